The molecular formula is C15H16N2O3S. The van der Waals surface area contributed by atoms with Gasteiger partial charge in [0.2, 0.25) is 10.0 Å². The molecule has 0 unspecified atom stereocenters. The average molecular weight is 304 g/mol. The van der Waals surface area contributed by atoms with Crippen LogP contribution in [0.2, 0.25) is 0 Å². The van der Waals surface area contributed by atoms with Gasteiger partial charge in [0, 0.05) is 12.6 Å². The van der Waals surface area contributed by atoms with E-state index in [0.717, 1.165) is 0 Å². The molecule has 0 aliphatic heterocycles. The lowest BCUT2D eigenvalue weighted by atomic mass is 10.2. The number of benzene rings is 1. The molecule has 0 atom stereocenters. The maximum atomic E-state index is 12.6. The van der Waals surface area contributed by atoms with Crippen LogP contribution in [0, 0.1) is 11.8 Å². The van der Waals surface area contributed by atoms with Gasteiger partial charge in [0.25, 0.3) is 0 Å². The number of nitrogens with two attached hydrogens (primary N) is 1. The zero-order valence-electron chi connectivity index (χ0n) is 11.6. The van der Waals surface area contributed by atoms with Crippen LogP contribution in [0.15, 0.2) is 52.0 Å². The number of furan rings is 1. The number of nitrogens with zero attached hydrogens (tertiary/aromatic N) is 1. The monoisotopic (exact) mass is 304 g/mol. The van der Waals surface area contributed by atoms with Gasteiger partial charge in [-0.05, 0) is 24.3 Å². The maximum Gasteiger partial charge on any atom is 0.244 e. The summed E-state index contributed by atoms with van der Waals surface area (Å²) in [5.41, 5.74) is 5.78. The van der Waals surface area contributed by atoms with E-state index in [4.69, 9.17) is 10.2 Å². The largest absolute Gasteiger partial charge is 0.468 e. The molecule has 2 N–H and O–H groups in total. The van der Waals surface area contributed by atoms with Crippen LogP contribution in [0.4, 0.5) is 0 Å². The smallest absolute Gasteiger partial charge is 0.244 e. The Morgan fingerprint density at radius 2 is 2.00 bits per heavy atom. The van der Waals surface area contributed by atoms with Crippen LogP contribution in [-0.2, 0) is 16.6 Å². The highest BCUT2D eigenvalue weighted by Gasteiger charge is 2.24. The first-order valence-electron chi connectivity index (χ1n) is 6.32. The number of hydrogen-bond acceptors (Lipinski definition) is 4. The second-order valence-electron chi connectivity index (χ2n) is 4.34. The van der Waals surface area contributed by atoms with Crippen LogP contribution >= 0.6 is 0 Å². The van der Waals surface area contributed by atoms with E-state index in [1.54, 1.807) is 30.3 Å². The highest BCUT2D eigenvalue weighted by atomic mass is 32.2. The van der Waals surface area contributed by atoms with Crippen LogP contribution in [0.3, 0.4) is 0 Å². The van der Waals surface area contributed by atoms with Crippen LogP contribution in [0.25, 0.3) is 0 Å². The minimum atomic E-state index is -3.65. The molecule has 2 rings (SSSR count). The molecular weight excluding hydrogens is 288 g/mol. The second-order valence-corrected chi connectivity index (χ2v) is 6.36. The Morgan fingerprint density at radius 1 is 1.24 bits per heavy atom. The van der Waals surface area contributed by atoms with Crippen molar-refractivity contribution in [3.05, 3.63) is 54.0 Å². The third-order valence-corrected chi connectivity index (χ3v) is 4.72. The summed E-state index contributed by atoms with van der Waals surface area (Å²) in [5, 5.41) is 0. The van der Waals surface area contributed by atoms with Gasteiger partial charge < -0.3 is 10.2 Å². The average Bonchev–Trinajstić information content (AvgIpc) is 2.98. The Morgan fingerprint density at radius 3 is 2.67 bits per heavy atom. The molecule has 6 heteroatoms. The molecule has 0 saturated carbocycles. The molecule has 21 heavy (non-hydrogen) atoms. The van der Waals surface area contributed by atoms with Crippen molar-refractivity contribution in [1.82, 2.24) is 4.31 Å². The van der Waals surface area contributed by atoms with E-state index in [1.165, 1.54) is 23.7 Å². The lowest BCUT2D eigenvalue weighted by Crippen LogP contribution is -2.27. The molecule has 0 fully saturated rings. The molecule has 0 spiro atoms. The molecule has 5 nitrogen and oxygen atoms in total. The summed E-state index contributed by atoms with van der Waals surface area (Å²) in [7, 11) is -2.14. The molecule has 0 saturated heterocycles. The highest BCUT2D eigenvalue weighted by Crippen LogP contribution is 2.20. The van der Waals surface area contributed by atoms with Gasteiger partial charge in [-0.2, -0.15) is 4.31 Å². The first-order chi connectivity index (χ1) is 10.1. The molecule has 0 aliphatic carbocycles. The fraction of sp³-hybridized carbons (Fsp3) is 0.200. The Kier molecular flexibility index (Phi) is 4.81. The third-order valence-electron chi connectivity index (χ3n) is 2.86. The predicted molar refractivity (Wildman–Crippen MR) is 79.7 cm³/mol. The topological polar surface area (TPSA) is 76.5 Å². The van der Waals surface area contributed by atoms with E-state index in [-0.39, 0.29) is 18.0 Å². The van der Waals surface area contributed by atoms with Crippen molar-refractivity contribution in [1.29, 1.82) is 0 Å². The number of sulfonamides is 1. The standard InChI is InChI=1S/C15H16N2O3S/c1-17(12-14-8-5-11-20-14)21(18,19)15-9-3-2-6-13(15)7-4-10-16/h2-3,5-6,8-9,11H,10,12,16H2,1H3. The summed E-state index contributed by atoms with van der Waals surface area (Å²) >= 11 is 0. The summed E-state index contributed by atoms with van der Waals surface area (Å²) in [4.78, 5) is 0.167. The fourth-order valence-electron chi connectivity index (χ4n) is 1.82. The Balaban J connectivity index is 2.35. The van der Waals surface area contributed by atoms with Crippen LogP contribution in [-0.4, -0.2) is 26.3 Å². The van der Waals surface area contributed by atoms with Gasteiger partial charge in [-0.3, -0.25) is 0 Å². The van der Waals surface area contributed by atoms with E-state index < -0.39 is 10.0 Å². The molecule has 1 heterocycles. The van der Waals surface area contributed by atoms with Crippen molar-refractivity contribution in [3.63, 3.8) is 0 Å². The third kappa shape index (κ3) is 3.52. The molecule has 0 radical (unpaired) electrons. The summed E-state index contributed by atoms with van der Waals surface area (Å²) in [6, 6.07) is 10.1. The molecule has 0 aliphatic rings. The summed E-state index contributed by atoms with van der Waals surface area (Å²) in [5.74, 6) is 6.04. The zero-order valence-corrected chi connectivity index (χ0v) is 12.4. The Hall–Kier alpha value is -2.07. The van der Waals surface area contributed by atoms with Crippen molar-refractivity contribution in [2.75, 3.05) is 13.6 Å². The first-order valence-corrected chi connectivity index (χ1v) is 7.76. The molecule has 0 bridgehead atoms. The SMILES string of the molecule is CN(Cc1ccco1)S(=O)(=O)c1ccccc1C#CCN. The normalized spacial score (nSPS) is 11.2. The Bertz CT molecular complexity index is 756. The zero-order chi connectivity index (χ0) is 15.3. The Labute approximate surface area is 124 Å². The molecule has 1 aromatic heterocycles. The van der Waals surface area contributed by atoms with Crippen molar-refractivity contribution >= 4 is 10.0 Å². The van der Waals surface area contributed by atoms with Crippen molar-refractivity contribution in [2.45, 2.75) is 11.4 Å². The van der Waals surface area contributed by atoms with E-state index in [9.17, 15) is 8.42 Å². The minimum absolute atomic E-state index is 0.161. The van der Waals surface area contributed by atoms with E-state index in [0.29, 0.717) is 11.3 Å². The lowest BCUT2D eigenvalue weighted by molar-refractivity contribution is 0.406. The minimum Gasteiger partial charge on any atom is -0.468 e. The molecule has 1 aromatic carbocycles. The van der Waals surface area contributed by atoms with Crippen molar-refractivity contribution < 1.29 is 12.8 Å². The maximum absolute atomic E-state index is 12.6. The van der Waals surface area contributed by atoms with Crippen LogP contribution in [0.1, 0.15) is 11.3 Å². The van der Waals surface area contributed by atoms with Gasteiger partial charge in [-0.25, -0.2) is 8.42 Å². The van der Waals surface area contributed by atoms with Crippen LogP contribution in [0.5, 0.6) is 0 Å². The molecule has 110 valence electrons. The predicted octanol–water partition coefficient (Wildman–Crippen LogP) is 1.41. The van der Waals surface area contributed by atoms with Crippen LogP contribution < -0.4 is 5.73 Å². The van der Waals surface area contributed by atoms with E-state index in [2.05, 4.69) is 11.8 Å². The van der Waals surface area contributed by atoms with Gasteiger partial charge in [-0.15, -0.1) is 0 Å². The van der Waals surface area contributed by atoms with Gasteiger partial charge in [-0.1, -0.05) is 24.0 Å². The molecule has 0 amide bonds. The summed E-state index contributed by atoms with van der Waals surface area (Å²) in [6.45, 7) is 0.338. The molecule has 2 aromatic rings. The second kappa shape index (κ2) is 6.59. The summed E-state index contributed by atoms with van der Waals surface area (Å²) in [6.07, 6.45) is 1.51. The lowest BCUT2D eigenvalue weighted by Gasteiger charge is -2.16. The summed E-state index contributed by atoms with van der Waals surface area (Å²) < 4.78 is 31.7. The number of rotatable bonds is 4. The highest BCUT2D eigenvalue weighted by molar-refractivity contribution is 7.89. The van der Waals surface area contributed by atoms with Gasteiger partial charge >= 0.3 is 0 Å². The van der Waals surface area contributed by atoms with E-state index in [1.807, 2.05) is 0 Å². The van der Waals surface area contributed by atoms with Gasteiger partial charge in [0.05, 0.1) is 24.2 Å². The van der Waals surface area contributed by atoms with Gasteiger partial charge in [0.15, 0.2) is 0 Å². The fourth-order valence-corrected chi connectivity index (χ4v) is 3.10. The van der Waals surface area contributed by atoms with Crippen molar-refractivity contribution in [3.8, 4) is 11.8 Å². The quantitative estimate of drug-likeness (QED) is 0.867. The first kappa shape index (κ1) is 15.3. The van der Waals surface area contributed by atoms with Gasteiger partial charge in [0.1, 0.15) is 5.76 Å². The number of hydrogen-bond donors (Lipinski definition) is 1. The van der Waals surface area contributed by atoms with Crippen molar-refractivity contribution in [2.24, 2.45) is 5.73 Å². The van der Waals surface area contributed by atoms with E-state index >= 15 is 0 Å².